The maximum absolute atomic E-state index is 9.06. The van der Waals surface area contributed by atoms with E-state index in [0.717, 1.165) is 16.8 Å². The van der Waals surface area contributed by atoms with Gasteiger partial charge in [0, 0.05) is 0 Å². The number of aliphatic hydroxyl groups is 1. The Morgan fingerprint density at radius 2 is 2.00 bits per heavy atom. The van der Waals surface area contributed by atoms with Gasteiger partial charge in [0.1, 0.15) is 11.9 Å². The number of hydrogen-bond donors (Lipinski definition) is 2. The minimum atomic E-state index is -0.145. The third-order valence-electron chi connectivity index (χ3n) is 2.87. The molecule has 16 heavy (non-hydrogen) atoms. The highest BCUT2D eigenvalue weighted by atomic mass is 16.5. The summed E-state index contributed by atoms with van der Waals surface area (Å²) < 4.78 is 5.68. The molecule has 0 aliphatic carbocycles. The van der Waals surface area contributed by atoms with Gasteiger partial charge in [0.25, 0.3) is 0 Å². The Morgan fingerprint density at radius 3 is 2.75 bits per heavy atom. The smallest absolute Gasteiger partial charge is 0.143 e. The van der Waals surface area contributed by atoms with Gasteiger partial charge in [0.05, 0.1) is 18.8 Å². The van der Waals surface area contributed by atoms with Gasteiger partial charge in [0.2, 0.25) is 0 Å². The van der Waals surface area contributed by atoms with Gasteiger partial charge in [0.15, 0.2) is 0 Å². The van der Waals surface area contributed by atoms with E-state index in [1.54, 1.807) is 0 Å². The van der Waals surface area contributed by atoms with E-state index in [1.165, 1.54) is 5.39 Å². The zero-order chi connectivity index (χ0) is 11.0. The van der Waals surface area contributed by atoms with E-state index in [2.05, 4.69) is 23.5 Å². The fraction of sp³-hybridized carbons (Fsp3) is 0.231. The zero-order valence-corrected chi connectivity index (χ0v) is 8.81. The van der Waals surface area contributed by atoms with Gasteiger partial charge in [-0.2, -0.15) is 0 Å². The fourth-order valence-electron chi connectivity index (χ4n) is 2.00. The van der Waals surface area contributed by atoms with Crippen LogP contribution in [0.4, 0.5) is 5.69 Å². The standard InChI is InChI=1S/C13H13NO2/c15-8-11-7-14-12-5-9-3-1-2-4-10(9)6-13(12)16-11/h1-6,11,14-15H,7-8H2. The van der Waals surface area contributed by atoms with E-state index in [0.29, 0.717) is 6.54 Å². The van der Waals surface area contributed by atoms with Crippen molar-refractivity contribution in [3.05, 3.63) is 36.4 Å². The van der Waals surface area contributed by atoms with E-state index in [9.17, 15) is 0 Å². The number of benzene rings is 2. The van der Waals surface area contributed by atoms with Crippen molar-refractivity contribution in [2.24, 2.45) is 0 Å². The summed E-state index contributed by atoms with van der Waals surface area (Å²) in [5, 5.41) is 14.7. The van der Waals surface area contributed by atoms with Crippen molar-refractivity contribution in [2.45, 2.75) is 6.10 Å². The molecule has 82 valence electrons. The third-order valence-corrected chi connectivity index (χ3v) is 2.87. The molecule has 0 saturated carbocycles. The number of hydrogen-bond acceptors (Lipinski definition) is 3. The minimum absolute atomic E-state index is 0.0409. The number of fused-ring (bicyclic) bond motifs is 2. The summed E-state index contributed by atoms with van der Waals surface area (Å²) in [4.78, 5) is 0. The summed E-state index contributed by atoms with van der Waals surface area (Å²) in [5.41, 5.74) is 1.00. The fourth-order valence-corrected chi connectivity index (χ4v) is 2.00. The number of aliphatic hydroxyl groups excluding tert-OH is 1. The lowest BCUT2D eigenvalue weighted by Crippen LogP contribution is -2.33. The Bertz CT molecular complexity index is 524. The molecule has 0 spiro atoms. The van der Waals surface area contributed by atoms with Crippen LogP contribution in [0.25, 0.3) is 10.8 Å². The quantitative estimate of drug-likeness (QED) is 0.764. The van der Waals surface area contributed by atoms with Crippen molar-refractivity contribution < 1.29 is 9.84 Å². The minimum Gasteiger partial charge on any atom is -0.484 e. The molecule has 1 aliphatic heterocycles. The molecule has 0 saturated heterocycles. The van der Waals surface area contributed by atoms with Crippen LogP contribution in [0.15, 0.2) is 36.4 Å². The summed E-state index contributed by atoms with van der Waals surface area (Å²) >= 11 is 0. The Hall–Kier alpha value is -1.74. The van der Waals surface area contributed by atoms with Crippen molar-refractivity contribution in [1.82, 2.24) is 0 Å². The molecule has 0 radical (unpaired) electrons. The van der Waals surface area contributed by atoms with Gasteiger partial charge >= 0.3 is 0 Å². The van der Waals surface area contributed by atoms with Gasteiger partial charge < -0.3 is 15.2 Å². The maximum Gasteiger partial charge on any atom is 0.143 e. The van der Waals surface area contributed by atoms with Crippen molar-refractivity contribution in [2.75, 3.05) is 18.5 Å². The molecular weight excluding hydrogens is 202 g/mol. The molecule has 0 aromatic heterocycles. The van der Waals surface area contributed by atoms with Crippen LogP contribution >= 0.6 is 0 Å². The van der Waals surface area contributed by atoms with Crippen LogP contribution in [0.5, 0.6) is 5.75 Å². The van der Waals surface area contributed by atoms with Crippen LogP contribution < -0.4 is 10.1 Å². The van der Waals surface area contributed by atoms with Gasteiger partial charge in [-0.05, 0) is 22.9 Å². The first-order valence-electron chi connectivity index (χ1n) is 5.41. The SMILES string of the molecule is OCC1CNc2cc3ccccc3cc2O1. The molecule has 2 aromatic rings. The molecule has 3 heteroatoms. The molecule has 0 bridgehead atoms. The average molecular weight is 215 g/mol. The van der Waals surface area contributed by atoms with Crippen molar-refractivity contribution in [3.8, 4) is 5.75 Å². The molecule has 0 fully saturated rings. The molecule has 1 heterocycles. The predicted octanol–water partition coefficient (Wildman–Crippen LogP) is 2.00. The average Bonchev–Trinajstić information content (AvgIpc) is 2.35. The van der Waals surface area contributed by atoms with Crippen LogP contribution in [0.2, 0.25) is 0 Å². The lowest BCUT2D eigenvalue weighted by Gasteiger charge is -2.26. The molecule has 1 unspecified atom stereocenters. The number of nitrogens with one attached hydrogen (secondary N) is 1. The number of ether oxygens (including phenoxy) is 1. The van der Waals surface area contributed by atoms with Crippen LogP contribution in [0.1, 0.15) is 0 Å². The Labute approximate surface area is 93.7 Å². The first-order valence-corrected chi connectivity index (χ1v) is 5.41. The second-order valence-corrected chi connectivity index (χ2v) is 4.00. The molecule has 3 nitrogen and oxygen atoms in total. The van der Waals surface area contributed by atoms with E-state index in [1.807, 2.05) is 18.2 Å². The van der Waals surface area contributed by atoms with Crippen molar-refractivity contribution in [1.29, 1.82) is 0 Å². The Morgan fingerprint density at radius 1 is 1.25 bits per heavy atom. The van der Waals surface area contributed by atoms with E-state index in [-0.39, 0.29) is 12.7 Å². The first-order chi connectivity index (χ1) is 7.86. The molecule has 1 atom stereocenters. The largest absolute Gasteiger partial charge is 0.484 e. The number of anilines is 1. The topological polar surface area (TPSA) is 41.5 Å². The molecule has 2 N–H and O–H groups in total. The zero-order valence-electron chi connectivity index (χ0n) is 8.81. The summed E-state index contributed by atoms with van der Waals surface area (Å²) in [6.07, 6.45) is -0.145. The van der Waals surface area contributed by atoms with Crippen molar-refractivity contribution in [3.63, 3.8) is 0 Å². The highest BCUT2D eigenvalue weighted by molar-refractivity contribution is 5.88. The Balaban J connectivity index is 2.10. The normalized spacial score (nSPS) is 18.7. The molecule has 0 amide bonds. The maximum atomic E-state index is 9.06. The van der Waals surface area contributed by atoms with Crippen LogP contribution in [-0.2, 0) is 0 Å². The molecular formula is C13H13NO2. The second-order valence-electron chi connectivity index (χ2n) is 4.00. The monoisotopic (exact) mass is 215 g/mol. The first kappa shape index (κ1) is 9.48. The van der Waals surface area contributed by atoms with Crippen LogP contribution in [0, 0.1) is 0 Å². The Kier molecular flexibility index (Phi) is 2.18. The number of rotatable bonds is 1. The highest BCUT2D eigenvalue weighted by Crippen LogP contribution is 2.33. The highest BCUT2D eigenvalue weighted by Gasteiger charge is 2.18. The van der Waals surface area contributed by atoms with E-state index < -0.39 is 0 Å². The van der Waals surface area contributed by atoms with E-state index in [4.69, 9.17) is 9.84 Å². The summed E-state index contributed by atoms with van der Waals surface area (Å²) in [5.74, 6) is 0.823. The van der Waals surface area contributed by atoms with Gasteiger partial charge in [-0.3, -0.25) is 0 Å². The van der Waals surface area contributed by atoms with Gasteiger partial charge in [-0.15, -0.1) is 0 Å². The molecule has 3 rings (SSSR count). The van der Waals surface area contributed by atoms with Crippen LogP contribution in [0.3, 0.4) is 0 Å². The predicted molar refractivity (Wildman–Crippen MR) is 63.9 cm³/mol. The van der Waals surface area contributed by atoms with Crippen molar-refractivity contribution >= 4 is 16.5 Å². The second kappa shape index (κ2) is 3.68. The van der Waals surface area contributed by atoms with Gasteiger partial charge in [-0.25, -0.2) is 0 Å². The summed E-state index contributed by atoms with van der Waals surface area (Å²) in [7, 11) is 0. The molecule has 1 aliphatic rings. The van der Waals surface area contributed by atoms with Crippen LogP contribution in [-0.4, -0.2) is 24.4 Å². The van der Waals surface area contributed by atoms with Gasteiger partial charge in [-0.1, -0.05) is 24.3 Å². The molecule has 2 aromatic carbocycles. The lowest BCUT2D eigenvalue weighted by molar-refractivity contribution is 0.120. The van der Waals surface area contributed by atoms with E-state index >= 15 is 0 Å². The lowest BCUT2D eigenvalue weighted by atomic mass is 10.1. The third kappa shape index (κ3) is 1.49. The summed E-state index contributed by atoms with van der Waals surface area (Å²) in [6.45, 7) is 0.696. The summed E-state index contributed by atoms with van der Waals surface area (Å²) in [6, 6.07) is 12.3.